The highest BCUT2D eigenvalue weighted by atomic mass is 16.6. The molecule has 1 amide bonds. The number of hydrogen-bond donors (Lipinski definition) is 7. The SMILES string of the molecule is CC(=O)O[C@H]1C(=O)[C@@]2(C)[C@H]([C@H](OC(=O)c3ccccc3)[C@]3(O)C[C@H](OC(=O)[C@H](O)[C@@H](NC(=O)c4ccccc4)c4ccccc4)C(C)=C1C3(C)C)[C@]1(OC(C)=O)CO[C@@H]1C[C@@H]2O.Cc1cc(Oc2ccc(Nc3cc(-c4ccc(N)nc4)nc(N)n3)cc2)ccn1. The molecule has 91 heavy (non-hydrogen) atoms. The number of esters is 4. The molecule has 472 valence electrons. The van der Waals surface area contributed by atoms with Gasteiger partial charge in [0.2, 0.25) is 5.95 Å². The van der Waals surface area contributed by atoms with Crippen LogP contribution in [0, 0.1) is 23.7 Å². The lowest BCUT2D eigenvalue weighted by Crippen LogP contribution is -2.82. The number of benzene rings is 4. The van der Waals surface area contributed by atoms with Gasteiger partial charge in [0.15, 0.2) is 23.6 Å². The van der Waals surface area contributed by atoms with E-state index in [-0.39, 0.29) is 41.2 Å². The third-order valence-electron chi connectivity index (χ3n) is 17.5. The number of pyridine rings is 2. The fourth-order valence-corrected chi connectivity index (χ4v) is 12.9. The first-order chi connectivity index (χ1) is 43.3. The number of hydrogen-bond acceptors (Lipinski definition) is 22. The summed E-state index contributed by atoms with van der Waals surface area (Å²) < 4.78 is 36.1. The van der Waals surface area contributed by atoms with Gasteiger partial charge in [0.1, 0.15) is 47.0 Å². The molecule has 1 aliphatic heterocycles. The van der Waals surface area contributed by atoms with Crippen molar-refractivity contribution in [3.63, 3.8) is 0 Å². The number of carbonyl (C=O) groups excluding carboxylic acids is 6. The van der Waals surface area contributed by atoms with Gasteiger partial charge in [-0.3, -0.25) is 24.2 Å². The molecule has 2 bridgehead atoms. The second-order valence-electron chi connectivity index (χ2n) is 23.7. The Balaban J connectivity index is 0.000000260. The molecular weight excluding hydrogens is 1170 g/mol. The molecule has 9 N–H and O–H groups in total. The van der Waals surface area contributed by atoms with E-state index in [1.54, 1.807) is 117 Å². The van der Waals surface area contributed by atoms with Crippen molar-refractivity contribution in [3.8, 4) is 22.8 Å². The molecule has 0 radical (unpaired) electrons. The number of nitrogens with one attached hydrogen (secondary N) is 2. The average molecular weight is 1240 g/mol. The van der Waals surface area contributed by atoms with Gasteiger partial charge < -0.3 is 65.8 Å². The third-order valence-corrected chi connectivity index (χ3v) is 17.5. The van der Waals surface area contributed by atoms with Crippen LogP contribution in [0.3, 0.4) is 0 Å². The summed E-state index contributed by atoms with van der Waals surface area (Å²) in [4.78, 5) is 100. The fourth-order valence-electron chi connectivity index (χ4n) is 12.9. The minimum Gasteiger partial charge on any atom is -0.457 e. The molecule has 4 aromatic carbocycles. The maximum Gasteiger partial charge on any atom is 0.338 e. The van der Waals surface area contributed by atoms with Crippen LogP contribution in [0.5, 0.6) is 11.5 Å². The van der Waals surface area contributed by atoms with E-state index in [1.807, 2.05) is 49.4 Å². The Labute approximate surface area is 524 Å². The maximum atomic E-state index is 15.5. The Bertz CT molecular complexity index is 3900. The van der Waals surface area contributed by atoms with Crippen LogP contribution in [0.1, 0.15) is 92.4 Å². The van der Waals surface area contributed by atoms with Crippen molar-refractivity contribution >= 4 is 58.8 Å². The van der Waals surface area contributed by atoms with Crippen molar-refractivity contribution in [1.82, 2.24) is 25.3 Å². The molecule has 11 atom stereocenters. The number of Topliss-reactive ketones (excluding diaryl/α,β-unsaturated/α-hetero) is 1. The lowest BCUT2D eigenvalue weighted by molar-refractivity contribution is -0.346. The van der Waals surface area contributed by atoms with Crippen molar-refractivity contribution < 1.29 is 72.5 Å². The van der Waals surface area contributed by atoms with Crippen LogP contribution >= 0.6 is 0 Å². The number of aryl methyl sites for hydroxylation is 1. The molecule has 2 saturated carbocycles. The first-order valence-corrected chi connectivity index (χ1v) is 29.4. The zero-order valence-corrected chi connectivity index (χ0v) is 50.9. The molecule has 11 rings (SSSR count). The number of amides is 1. The molecule has 4 heterocycles. The molecule has 4 aliphatic rings. The van der Waals surface area contributed by atoms with Gasteiger partial charge in [-0.05, 0) is 104 Å². The van der Waals surface area contributed by atoms with E-state index in [4.69, 9.17) is 39.9 Å². The molecule has 3 fully saturated rings. The third kappa shape index (κ3) is 12.8. The summed E-state index contributed by atoms with van der Waals surface area (Å²) >= 11 is 0. The van der Waals surface area contributed by atoms with Crippen LogP contribution in [0.4, 0.5) is 23.3 Å². The molecule has 0 unspecified atom stereocenters. The summed E-state index contributed by atoms with van der Waals surface area (Å²) in [6.45, 7) is 9.89. The van der Waals surface area contributed by atoms with Crippen LogP contribution in [-0.2, 0) is 42.9 Å². The summed E-state index contributed by atoms with van der Waals surface area (Å²) in [5.74, 6) is -4.21. The summed E-state index contributed by atoms with van der Waals surface area (Å²) in [6, 6.07) is 39.5. The predicted molar refractivity (Wildman–Crippen MR) is 331 cm³/mol. The number of nitrogen functional groups attached to an aromatic ring is 2. The number of nitrogens with zero attached hydrogens (tertiary/aromatic N) is 4. The molecule has 0 spiro atoms. The van der Waals surface area contributed by atoms with E-state index in [2.05, 4.69) is 30.6 Å². The van der Waals surface area contributed by atoms with Gasteiger partial charge >= 0.3 is 23.9 Å². The summed E-state index contributed by atoms with van der Waals surface area (Å²) in [5, 5.41) is 43.5. The van der Waals surface area contributed by atoms with Crippen molar-refractivity contribution in [2.75, 3.05) is 23.4 Å². The molecule has 3 aromatic heterocycles. The number of fused-ring (bicyclic) bond motifs is 5. The minimum absolute atomic E-state index is 0.00289. The summed E-state index contributed by atoms with van der Waals surface area (Å²) in [6.07, 6.45) is -7.15. The molecule has 1 saturated heterocycles. The van der Waals surface area contributed by atoms with Gasteiger partial charge in [-0.15, -0.1) is 0 Å². The quantitative estimate of drug-likeness (QED) is 0.0294. The van der Waals surface area contributed by atoms with E-state index in [9.17, 15) is 39.3 Å². The Kier molecular flexibility index (Phi) is 18.2. The van der Waals surface area contributed by atoms with Gasteiger partial charge in [-0.25, -0.2) is 19.6 Å². The summed E-state index contributed by atoms with van der Waals surface area (Å²) in [5.41, 5.74) is 7.68. The highest BCUT2D eigenvalue weighted by Crippen LogP contribution is 2.64. The van der Waals surface area contributed by atoms with Crippen molar-refractivity contribution in [1.29, 1.82) is 0 Å². The molecule has 3 aliphatic carbocycles. The van der Waals surface area contributed by atoms with E-state index in [1.165, 1.54) is 26.0 Å². The van der Waals surface area contributed by atoms with Crippen LogP contribution in [0.2, 0.25) is 0 Å². The van der Waals surface area contributed by atoms with E-state index >= 15 is 4.79 Å². The van der Waals surface area contributed by atoms with Gasteiger partial charge in [0.25, 0.3) is 5.91 Å². The average Bonchev–Trinajstić information content (AvgIpc) is 0.671. The minimum atomic E-state index is -2.39. The van der Waals surface area contributed by atoms with Crippen molar-refractivity contribution in [3.05, 3.63) is 192 Å². The maximum absolute atomic E-state index is 15.5. The van der Waals surface area contributed by atoms with Crippen molar-refractivity contribution in [2.24, 2.45) is 16.7 Å². The number of ketones is 1. The number of anilines is 4. The first-order valence-electron chi connectivity index (χ1n) is 29.4. The Morgan fingerprint density at radius 2 is 1.42 bits per heavy atom. The largest absolute Gasteiger partial charge is 0.457 e. The molecule has 23 nitrogen and oxygen atoms in total. The monoisotopic (exact) mass is 1240 g/mol. The van der Waals surface area contributed by atoms with Gasteiger partial charge in [0.05, 0.1) is 41.3 Å². The number of aromatic nitrogens is 4. The number of aliphatic hydroxyl groups excluding tert-OH is 2. The Morgan fingerprint density at radius 3 is 2.02 bits per heavy atom. The zero-order chi connectivity index (χ0) is 65.2. The number of carbonyl (C=O) groups is 6. The standard InChI is InChI=1S/C47H51NO14.C21H19N7O/c1-25-31(60-43(56)36(52)35(28-16-10-7-11-17-28)48-41(54)29-18-12-8-13-19-29)23-47(57)40(61-42(55)30-20-14-9-15-21-30)38-45(6,32(51)22-33-46(38,24-58-33)62-27(3)50)39(53)37(59-26(2)49)34(25)44(47,4)5;1-13-10-17(8-9-24-13)29-16-5-3-15(4-6-16)26-20-11-18(27-21(23)28-20)14-2-7-19(22)25-12-14/h7-21,31-33,35-38,40,51-52,57H,22-24H2,1-6H3,(H,48,54);2-12H,1H3,(H2,22,25)(H3,23,26,27,28)/t31-,32-,33+,35-,36+,37+,38-,40-,45+,46-,47+;/m0./s1. The smallest absolute Gasteiger partial charge is 0.338 e. The van der Waals surface area contributed by atoms with Gasteiger partial charge in [0, 0.05) is 79.1 Å². The summed E-state index contributed by atoms with van der Waals surface area (Å²) in [7, 11) is 0. The number of ether oxygens (including phenoxy) is 6. The highest BCUT2D eigenvalue weighted by Gasteiger charge is 2.78. The fraction of sp³-hybridized carbons (Fsp3) is 0.324. The number of aliphatic hydroxyl groups is 3. The van der Waals surface area contributed by atoms with Crippen molar-refractivity contribution in [2.45, 2.75) is 115 Å². The highest BCUT2D eigenvalue weighted by molar-refractivity contribution is 5.96. The van der Waals surface area contributed by atoms with E-state index in [0.717, 1.165) is 42.3 Å². The Morgan fingerprint density at radius 1 is 0.758 bits per heavy atom. The Hall–Kier alpha value is -9.94. The van der Waals surface area contributed by atoms with Crippen LogP contribution in [-0.4, -0.2) is 125 Å². The first kappa shape index (κ1) is 64.1. The normalized spacial score (nSPS) is 25.1. The lowest BCUT2D eigenvalue weighted by Gasteiger charge is -2.67. The van der Waals surface area contributed by atoms with E-state index < -0.39 is 113 Å². The van der Waals surface area contributed by atoms with Crippen LogP contribution < -0.4 is 26.8 Å². The van der Waals surface area contributed by atoms with Gasteiger partial charge in [-0.1, -0.05) is 80.6 Å². The second kappa shape index (κ2) is 25.9. The van der Waals surface area contributed by atoms with Crippen LogP contribution in [0.15, 0.2) is 169 Å². The molecule has 7 aromatic rings. The predicted octanol–water partition coefficient (Wildman–Crippen LogP) is 7.68. The number of nitrogens with two attached hydrogens (primary N) is 2. The van der Waals surface area contributed by atoms with E-state index in [0.29, 0.717) is 22.9 Å². The zero-order valence-electron chi connectivity index (χ0n) is 50.9. The topological polar surface area (TPSA) is 346 Å². The van der Waals surface area contributed by atoms with Gasteiger partial charge in [-0.2, -0.15) is 4.98 Å². The lowest BCUT2D eigenvalue weighted by atomic mass is 9.44. The number of rotatable bonds is 15. The van der Waals surface area contributed by atoms with Crippen LogP contribution in [0.25, 0.3) is 11.3 Å². The molecular formula is C68H70N8O15. The second-order valence-corrected chi connectivity index (χ2v) is 23.7. The molecule has 23 heteroatoms.